The quantitative estimate of drug-likeness (QED) is 0.282. The number of likely N-dealkylation sites (N-methyl/N-ethyl adjacent to an activating group) is 1. The second-order valence-electron chi connectivity index (χ2n) is 8.48. The first-order chi connectivity index (χ1) is 15.3. The van der Waals surface area contributed by atoms with Gasteiger partial charge < -0.3 is 4.90 Å². The molecule has 7 heteroatoms. The predicted molar refractivity (Wildman–Crippen MR) is 138 cm³/mol. The molecule has 5 nitrogen and oxygen atoms in total. The van der Waals surface area contributed by atoms with Crippen molar-refractivity contribution in [2.45, 2.75) is 44.5 Å². The van der Waals surface area contributed by atoms with E-state index in [0.717, 1.165) is 32.2 Å². The molecular formula is C25H28N4OS2. The monoisotopic (exact) mass is 464 g/mol. The molecular weight excluding hydrogens is 436 g/mol. The van der Waals surface area contributed by atoms with E-state index in [-0.39, 0.29) is 17.2 Å². The number of carbonyl (C=O) groups is 1. The van der Waals surface area contributed by atoms with Crippen LogP contribution in [0.2, 0.25) is 0 Å². The van der Waals surface area contributed by atoms with Crippen LogP contribution in [0.1, 0.15) is 44.4 Å². The molecule has 0 unspecified atom stereocenters. The number of amides is 1. The number of nitrogens with zero attached hydrogens (tertiary/aromatic N) is 3. The summed E-state index contributed by atoms with van der Waals surface area (Å²) in [7, 11) is 0. The zero-order chi connectivity index (χ0) is 22.9. The number of carbonyl (C=O) groups excluding carboxylic acids is 1. The van der Waals surface area contributed by atoms with Gasteiger partial charge in [0.1, 0.15) is 0 Å². The Morgan fingerprint density at radius 2 is 2.06 bits per heavy atom. The highest BCUT2D eigenvalue weighted by Gasteiger charge is 2.30. The molecule has 0 saturated carbocycles. The van der Waals surface area contributed by atoms with Crippen LogP contribution < -0.4 is 10.3 Å². The molecule has 0 aliphatic carbocycles. The normalized spacial score (nSPS) is 15.2. The third-order valence-corrected chi connectivity index (χ3v) is 7.85. The van der Waals surface area contributed by atoms with E-state index in [1.807, 2.05) is 24.3 Å². The van der Waals surface area contributed by atoms with Gasteiger partial charge in [0.2, 0.25) is 0 Å². The van der Waals surface area contributed by atoms with E-state index in [9.17, 15) is 4.79 Å². The lowest BCUT2D eigenvalue weighted by Gasteiger charge is -2.43. The lowest BCUT2D eigenvalue weighted by Crippen LogP contribution is -2.45. The molecule has 0 radical (unpaired) electrons. The number of thiazole rings is 1. The van der Waals surface area contributed by atoms with Crippen molar-refractivity contribution in [3.05, 3.63) is 59.2 Å². The highest BCUT2D eigenvalue weighted by atomic mass is 32.2. The number of hydrogen-bond donors (Lipinski definition) is 1. The van der Waals surface area contributed by atoms with Gasteiger partial charge in [-0.15, -0.1) is 11.3 Å². The summed E-state index contributed by atoms with van der Waals surface area (Å²) in [5.41, 5.74) is 9.48. The number of hydrazone groups is 1. The van der Waals surface area contributed by atoms with Crippen molar-refractivity contribution >= 4 is 56.7 Å². The molecule has 2 heterocycles. The number of aromatic nitrogens is 1. The Balaban J connectivity index is 1.42. The van der Waals surface area contributed by atoms with E-state index in [0.29, 0.717) is 0 Å². The Labute approximate surface area is 197 Å². The van der Waals surface area contributed by atoms with Crippen LogP contribution in [0.5, 0.6) is 0 Å². The van der Waals surface area contributed by atoms with Crippen molar-refractivity contribution < 1.29 is 4.79 Å². The van der Waals surface area contributed by atoms with Crippen molar-refractivity contribution in [1.82, 2.24) is 10.4 Å². The van der Waals surface area contributed by atoms with Gasteiger partial charge in [-0.1, -0.05) is 30.0 Å². The molecule has 0 spiro atoms. The maximum absolute atomic E-state index is 12.3. The number of thioether (sulfide) groups is 1. The molecule has 1 aromatic heterocycles. The smallest absolute Gasteiger partial charge is 0.250 e. The van der Waals surface area contributed by atoms with E-state index >= 15 is 0 Å². The molecule has 1 amide bonds. The number of benzene rings is 2. The lowest BCUT2D eigenvalue weighted by atomic mass is 9.87. The summed E-state index contributed by atoms with van der Waals surface area (Å²) in [5.74, 6) is 0.138. The van der Waals surface area contributed by atoms with E-state index in [1.165, 1.54) is 28.6 Å². The molecule has 1 N–H and O–H groups in total. The summed E-state index contributed by atoms with van der Waals surface area (Å²) in [5, 5.41) is 4.21. The number of anilines is 1. The van der Waals surface area contributed by atoms with Crippen LogP contribution in [0, 0.1) is 6.92 Å². The van der Waals surface area contributed by atoms with Gasteiger partial charge in [0.15, 0.2) is 4.34 Å². The van der Waals surface area contributed by atoms with Crippen LogP contribution in [-0.2, 0) is 4.79 Å². The minimum atomic E-state index is -0.142. The fraction of sp³-hybridized carbons (Fsp3) is 0.320. The minimum absolute atomic E-state index is 0.0111. The molecule has 4 rings (SSSR count). The first-order valence-electron chi connectivity index (χ1n) is 10.7. The highest BCUT2D eigenvalue weighted by molar-refractivity contribution is 8.01. The van der Waals surface area contributed by atoms with Crippen LogP contribution >= 0.6 is 23.1 Å². The molecule has 0 atom stereocenters. The Hall–Kier alpha value is -2.64. The van der Waals surface area contributed by atoms with Crippen LogP contribution in [-0.4, -0.2) is 34.9 Å². The Kier molecular flexibility index (Phi) is 6.40. The van der Waals surface area contributed by atoms with Crippen molar-refractivity contribution in [2.75, 3.05) is 17.2 Å². The number of allylic oxidation sites excluding steroid dienone is 1. The lowest BCUT2D eigenvalue weighted by molar-refractivity contribution is -0.118. The average molecular weight is 465 g/mol. The molecule has 0 fully saturated rings. The SMILES string of the molecule is CCN1c2cc(C)c(/C=N/NC(=O)CSc3nc4ccccc4s3)cc2C(C)=CC1(C)C. The molecule has 3 aromatic rings. The first-order valence-corrected chi connectivity index (χ1v) is 12.5. The second-order valence-corrected chi connectivity index (χ2v) is 10.7. The highest BCUT2D eigenvalue weighted by Crippen LogP contribution is 2.39. The number of hydrogen-bond acceptors (Lipinski definition) is 6. The molecule has 0 bridgehead atoms. The van der Waals surface area contributed by atoms with Crippen LogP contribution in [0.4, 0.5) is 5.69 Å². The van der Waals surface area contributed by atoms with Crippen LogP contribution in [0.25, 0.3) is 15.8 Å². The van der Waals surface area contributed by atoms with Crippen molar-refractivity contribution in [2.24, 2.45) is 5.10 Å². The van der Waals surface area contributed by atoms with Gasteiger partial charge in [0, 0.05) is 17.8 Å². The zero-order valence-corrected chi connectivity index (χ0v) is 20.7. The van der Waals surface area contributed by atoms with Crippen LogP contribution in [0.15, 0.2) is 51.9 Å². The average Bonchev–Trinajstić information content (AvgIpc) is 3.16. The summed E-state index contributed by atoms with van der Waals surface area (Å²) in [6.07, 6.45) is 4.05. The molecule has 1 aliphatic rings. The van der Waals surface area contributed by atoms with Gasteiger partial charge in [0.25, 0.3) is 5.91 Å². The van der Waals surface area contributed by atoms with E-state index in [1.54, 1.807) is 17.6 Å². The topological polar surface area (TPSA) is 57.6 Å². The molecule has 2 aromatic carbocycles. The number of fused-ring (bicyclic) bond motifs is 2. The fourth-order valence-electron chi connectivity index (χ4n) is 4.21. The van der Waals surface area contributed by atoms with Gasteiger partial charge in [0.05, 0.1) is 27.7 Å². The maximum atomic E-state index is 12.3. The van der Waals surface area contributed by atoms with Gasteiger partial charge >= 0.3 is 0 Å². The van der Waals surface area contributed by atoms with Gasteiger partial charge in [-0.25, -0.2) is 10.4 Å². The van der Waals surface area contributed by atoms with Crippen molar-refractivity contribution in [3.63, 3.8) is 0 Å². The number of nitrogens with one attached hydrogen (secondary N) is 1. The molecule has 166 valence electrons. The van der Waals surface area contributed by atoms with Crippen molar-refractivity contribution in [3.8, 4) is 0 Å². The van der Waals surface area contributed by atoms with Gasteiger partial charge in [-0.05, 0) is 75.6 Å². The van der Waals surface area contributed by atoms with Crippen LogP contribution in [0.3, 0.4) is 0 Å². The molecule has 0 saturated heterocycles. The summed E-state index contributed by atoms with van der Waals surface area (Å²) < 4.78 is 2.02. The number of para-hydroxylation sites is 1. The first kappa shape index (κ1) is 22.6. The van der Waals surface area contributed by atoms with Gasteiger partial charge in [-0.3, -0.25) is 4.79 Å². The predicted octanol–water partition coefficient (Wildman–Crippen LogP) is 5.87. The largest absolute Gasteiger partial charge is 0.363 e. The number of rotatable bonds is 6. The third kappa shape index (κ3) is 4.59. The van der Waals surface area contributed by atoms with E-state index in [4.69, 9.17) is 0 Å². The number of aryl methyl sites for hydroxylation is 1. The second kappa shape index (κ2) is 9.08. The van der Waals surface area contributed by atoms with Crippen molar-refractivity contribution in [1.29, 1.82) is 0 Å². The third-order valence-electron chi connectivity index (χ3n) is 5.68. The Morgan fingerprint density at radius 1 is 1.28 bits per heavy atom. The van der Waals surface area contributed by atoms with E-state index in [2.05, 4.69) is 73.2 Å². The Bertz CT molecular complexity index is 1190. The molecule has 1 aliphatic heterocycles. The maximum Gasteiger partial charge on any atom is 0.250 e. The molecule has 32 heavy (non-hydrogen) atoms. The standard InChI is InChI=1S/C25H28N4OS2/c1-6-29-21-11-16(2)18(12-19(21)17(3)13-25(29,4)5)14-26-28-23(30)15-31-24-27-20-9-7-8-10-22(20)32-24/h7-14H,6,15H2,1-5H3,(H,28,30)/b26-14+. The Morgan fingerprint density at radius 3 is 2.81 bits per heavy atom. The summed E-state index contributed by atoms with van der Waals surface area (Å²) in [4.78, 5) is 19.2. The minimum Gasteiger partial charge on any atom is -0.363 e. The summed E-state index contributed by atoms with van der Waals surface area (Å²) >= 11 is 3.03. The fourth-order valence-corrected chi connectivity index (χ4v) is 6.07. The van der Waals surface area contributed by atoms with E-state index < -0.39 is 0 Å². The summed E-state index contributed by atoms with van der Waals surface area (Å²) in [6.45, 7) is 11.9. The van der Waals surface area contributed by atoms with Gasteiger partial charge in [-0.2, -0.15) is 5.10 Å². The zero-order valence-electron chi connectivity index (χ0n) is 19.1. The summed E-state index contributed by atoms with van der Waals surface area (Å²) in [6, 6.07) is 12.4.